The third kappa shape index (κ3) is 3.86. The topological polar surface area (TPSA) is 88.4 Å². The molecule has 9 heteroatoms. The van der Waals surface area contributed by atoms with Gasteiger partial charge in [-0.25, -0.2) is 13.1 Å². The van der Waals surface area contributed by atoms with Crippen LogP contribution < -0.4 is 0 Å². The zero-order chi connectivity index (χ0) is 21.4. The molecule has 2 aromatic carbocycles. The molecule has 0 atom stereocenters. The van der Waals surface area contributed by atoms with E-state index in [1.165, 1.54) is 4.31 Å². The van der Waals surface area contributed by atoms with E-state index in [4.69, 9.17) is 0 Å². The average molecular weight is 438 g/mol. The lowest BCUT2D eigenvalue weighted by molar-refractivity contribution is -0.128. The number of aromatic nitrogens is 3. The minimum absolute atomic E-state index is 0.0531. The van der Waals surface area contributed by atoms with Crippen molar-refractivity contribution in [1.82, 2.24) is 24.2 Å². The van der Waals surface area contributed by atoms with E-state index in [1.54, 1.807) is 27.8 Å². The molecule has 2 aliphatic rings. The number of rotatable bonds is 6. The molecule has 0 unspecified atom stereocenters. The third-order valence-electron chi connectivity index (χ3n) is 5.86. The van der Waals surface area contributed by atoms with Crippen molar-refractivity contribution in [3.8, 4) is 11.1 Å². The van der Waals surface area contributed by atoms with Gasteiger partial charge in [-0.15, -0.1) is 5.10 Å². The molecular formula is C22H23N5O3S. The van der Waals surface area contributed by atoms with Crippen molar-refractivity contribution in [1.29, 1.82) is 0 Å². The lowest BCUT2D eigenvalue weighted by atomic mass is 10.1. The van der Waals surface area contributed by atoms with Crippen molar-refractivity contribution in [2.45, 2.75) is 30.3 Å². The number of carbonyl (C=O) groups excluding carboxylic acids is 1. The molecule has 0 N–H and O–H groups in total. The summed E-state index contributed by atoms with van der Waals surface area (Å²) in [5, 5.41) is 8.31. The predicted octanol–water partition coefficient (Wildman–Crippen LogP) is 2.31. The molecule has 0 spiro atoms. The first-order valence-electron chi connectivity index (χ1n) is 10.3. The van der Waals surface area contributed by atoms with Gasteiger partial charge in [0.25, 0.3) is 0 Å². The molecule has 31 heavy (non-hydrogen) atoms. The van der Waals surface area contributed by atoms with Gasteiger partial charge in [-0.05, 0) is 29.7 Å². The van der Waals surface area contributed by atoms with Crippen LogP contribution in [0.1, 0.15) is 24.6 Å². The molecule has 2 fully saturated rings. The Morgan fingerprint density at radius 3 is 2.52 bits per heavy atom. The highest BCUT2D eigenvalue weighted by molar-refractivity contribution is 7.89. The van der Waals surface area contributed by atoms with Crippen molar-refractivity contribution in [3.63, 3.8) is 0 Å². The van der Waals surface area contributed by atoms with Gasteiger partial charge in [0.15, 0.2) is 0 Å². The van der Waals surface area contributed by atoms with E-state index >= 15 is 0 Å². The Morgan fingerprint density at radius 2 is 1.77 bits per heavy atom. The summed E-state index contributed by atoms with van der Waals surface area (Å²) in [6, 6.07) is 16.7. The minimum Gasteiger partial charge on any atom is -0.337 e. The maximum atomic E-state index is 13.1. The van der Waals surface area contributed by atoms with E-state index in [0.29, 0.717) is 31.0 Å². The fourth-order valence-electron chi connectivity index (χ4n) is 4.03. The highest BCUT2D eigenvalue weighted by atomic mass is 32.2. The molecule has 0 aliphatic carbocycles. The predicted molar refractivity (Wildman–Crippen MR) is 114 cm³/mol. The summed E-state index contributed by atoms with van der Waals surface area (Å²) in [7, 11) is -3.57. The normalized spacial score (nSPS) is 17.8. The number of benzene rings is 2. The fraction of sp³-hybridized carbons (Fsp3) is 0.318. The molecule has 5 rings (SSSR count). The first kappa shape index (κ1) is 19.9. The largest absolute Gasteiger partial charge is 0.337 e. The number of likely N-dealkylation sites (tertiary alicyclic amines) is 1. The van der Waals surface area contributed by atoms with Crippen LogP contribution in [0.2, 0.25) is 0 Å². The minimum atomic E-state index is -3.57. The van der Waals surface area contributed by atoms with Crippen molar-refractivity contribution in [2.24, 2.45) is 0 Å². The quantitative estimate of drug-likeness (QED) is 0.591. The molecule has 0 saturated carbocycles. The van der Waals surface area contributed by atoms with Crippen LogP contribution in [0.25, 0.3) is 11.1 Å². The second-order valence-electron chi connectivity index (χ2n) is 7.98. The smallest absolute Gasteiger partial charge is 0.243 e. The summed E-state index contributed by atoms with van der Waals surface area (Å²) in [5.74, 6) is 0.146. The SMILES string of the molecule is O=C1CCCN1Cc1cn(C2CN(S(=O)(=O)c3cccc(-c4ccccc4)c3)C2)nn1. The van der Waals surface area contributed by atoms with E-state index in [2.05, 4.69) is 10.3 Å². The summed E-state index contributed by atoms with van der Waals surface area (Å²) in [4.78, 5) is 13.9. The van der Waals surface area contributed by atoms with Gasteiger partial charge in [-0.3, -0.25) is 4.79 Å². The Kier molecular flexibility index (Phi) is 5.07. The molecule has 1 aromatic heterocycles. The molecule has 0 bridgehead atoms. The summed E-state index contributed by atoms with van der Waals surface area (Å²) in [6.45, 7) is 1.91. The number of amides is 1. The van der Waals surface area contributed by atoms with Crippen LogP contribution in [0.15, 0.2) is 65.7 Å². The van der Waals surface area contributed by atoms with Crippen LogP contribution in [-0.2, 0) is 21.4 Å². The molecule has 3 aromatic rings. The zero-order valence-electron chi connectivity index (χ0n) is 17.0. The fourth-order valence-corrected chi connectivity index (χ4v) is 5.59. The lowest BCUT2D eigenvalue weighted by Crippen LogP contribution is -2.50. The monoisotopic (exact) mass is 437 g/mol. The number of hydrogen-bond donors (Lipinski definition) is 0. The Bertz CT molecular complexity index is 1200. The van der Waals surface area contributed by atoms with Crippen LogP contribution in [-0.4, -0.2) is 58.2 Å². The molecular weight excluding hydrogens is 414 g/mol. The van der Waals surface area contributed by atoms with E-state index in [9.17, 15) is 13.2 Å². The third-order valence-corrected chi connectivity index (χ3v) is 7.69. The van der Waals surface area contributed by atoms with Gasteiger partial charge >= 0.3 is 0 Å². The maximum Gasteiger partial charge on any atom is 0.243 e. The molecule has 160 valence electrons. The molecule has 8 nitrogen and oxygen atoms in total. The van der Waals surface area contributed by atoms with Crippen LogP contribution in [0.3, 0.4) is 0 Å². The van der Waals surface area contributed by atoms with Gasteiger partial charge in [0.1, 0.15) is 5.69 Å². The van der Waals surface area contributed by atoms with Gasteiger partial charge in [-0.2, -0.15) is 4.31 Å². The summed E-state index contributed by atoms with van der Waals surface area (Å²) in [6.07, 6.45) is 3.29. The van der Waals surface area contributed by atoms with E-state index in [1.807, 2.05) is 42.6 Å². The maximum absolute atomic E-state index is 13.1. The number of carbonyl (C=O) groups is 1. The van der Waals surface area contributed by atoms with Gasteiger partial charge < -0.3 is 4.90 Å². The zero-order valence-corrected chi connectivity index (χ0v) is 17.8. The Labute approximate surface area is 181 Å². The van der Waals surface area contributed by atoms with E-state index < -0.39 is 10.0 Å². The van der Waals surface area contributed by atoms with Crippen molar-refractivity contribution in [2.75, 3.05) is 19.6 Å². The summed E-state index contributed by atoms with van der Waals surface area (Å²) in [5.41, 5.74) is 2.58. The van der Waals surface area contributed by atoms with Gasteiger partial charge in [-0.1, -0.05) is 47.7 Å². The molecule has 0 radical (unpaired) electrons. The summed E-state index contributed by atoms with van der Waals surface area (Å²) >= 11 is 0. The molecule has 2 saturated heterocycles. The van der Waals surface area contributed by atoms with Crippen molar-refractivity contribution >= 4 is 15.9 Å². The second kappa shape index (κ2) is 7.90. The van der Waals surface area contributed by atoms with Crippen LogP contribution in [0, 0.1) is 0 Å². The van der Waals surface area contributed by atoms with E-state index in [0.717, 1.165) is 29.8 Å². The highest BCUT2D eigenvalue weighted by Gasteiger charge is 2.38. The molecule has 2 aliphatic heterocycles. The van der Waals surface area contributed by atoms with Crippen molar-refractivity contribution in [3.05, 3.63) is 66.5 Å². The van der Waals surface area contributed by atoms with Crippen LogP contribution >= 0.6 is 0 Å². The first-order chi connectivity index (χ1) is 15.0. The Morgan fingerprint density at radius 1 is 1.00 bits per heavy atom. The van der Waals surface area contributed by atoms with Crippen LogP contribution in [0.5, 0.6) is 0 Å². The number of sulfonamides is 1. The Hall–Kier alpha value is -3.04. The lowest BCUT2D eigenvalue weighted by Gasteiger charge is -2.37. The van der Waals surface area contributed by atoms with Gasteiger partial charge in [0.05, 0.1) is 23.7 Å². The number of nitrogens with zero attached hydrogens (tertiary/aromatic N) is 5. The Balaban J connectivity index is 1.26. The number of hydrogen-bond acceptors (Lipinski definition) is 5. The van der Waals surface area contributed by atoms with Gasteiger partial charge in [0.2, 0.25) is 15.9 Å². The van der Waals surface area contributed by atoms with Gasteiger partial charge in [0, 0.05) is 26.1 Å². The molecule has 3 heterocycles. The highest BCUT2D eigenvalue weighted by Crippen LogP contribution is 2.30. The second-order valence-corrected chi connectivity index (χ2v) is 9.92. The molecule has 1 amide bonds. The first-order valence-corrected chi connectivity index (χ1v) is 11.8. The van der Waals surface area contributed by atoms with Crippen molar-refractivity contribution < 1.29 is 13.2 Å². The average Bonchev–Trinajstić information content (AvgIpc) is 3.37. The van der Waals surface area contributed by atoms with E-state index in [-0.39, 0.29) is 11.9 Å². The van der Waals surface area contributed by atoms with Crippen LogP contribution in [0.4, 0.5) is 0 Å². The standard InChI is InChI=1S/C22H23N5O3S/c28-22-10-5-11-25(22)13-19-14-27(24-23-19)20-15-26(16-20)31(29,30)21-9-4-8-18(12-21)17-6-2-1-3-7-17/h1-4,6-9,12,14,20H,5,10-11,13,15-16H2. The summed E-state index contributed by atoms with van der Waals surface area (Å²) < 4.78 is 29.3.